The Hall–Kier alpha value is 1.07. The quantitative estimate of drug-likeness (QED) is 0.442. The fraction of sp³-hybridized carbons (Fsp3) is 0.500. The maximum atomic E-state index is 9.94. The van der Waals surface area contributed by atoms with Crippen LogP contribution in [0.3, 0.4) is 0 Å². The number of hydrogen-bond donors (Lipinski definition) is 0. The zero-order valence-corrected chi connectivity index (χ0v) is 6.46. The highest BCUT2D eigenvalue weighted by atomic mass is 33.7. The molecule has 0 amide bonds. The third kappa shape index (κ3) is 1.79. The summed E-state index contributed by atoms with van der Waals surface area (Å²) in [5.74, 6) is 0. The average Bonchev–Trinajstić information content (AvgIpc) is 2.14. The molecule has 0 bridgehead atoms. The van der Waals surface area contributed by atoms with Gasteiger partial charge in [-0.15, -0.1) is 0 Å². The molecule has 0 aliphatic carbocycles. The smallest absolute Gasteiger partial charge is 0.144 e. The van der Waals surface area contributed by atoms with Gasteiger partial charge < -0.3 is 4.79 Å². The molecule has 1 rings (SSSR count). The predicted molar refractivity (Wildman–Crippen MR) is 40.2 cm³/mol. The number of carbonyl (C=O) groups excluding carboxylic acids is 1. The van der Waals surface area contributed by atoms with E-state index in [0.29, 0.717) is 0 Å². The molecule has 40 valence electrons. The van der Waals surface area contributed by atoms with E-state index in [1.165, 1.54) is 0 Å². The zero-order valence-electron chi connectivity index (χ0n) is 3.20. The van der Waals surface area contributed by atoms with E-state index in [9.17, 15) is 4.79 Å². The van der Waals surface area contributed by atoms with E-state index in [2.05, 4.69) is 0 Å². The summed E-state index contributed by atoms with van der Waals surface area (Å²) < 4.78 is 0.176. The monoisotopic (exact) mass is 170 g/mol. The molecule has 1 aliphatic rings. The minimum absolute atomic E-state index is 0.176. The Morgan fingerprint density at radius 1 is 1.29 bits per heavy atom. The average molecular weight is 170 g/mol. The van der Waals surface area contributed by atoms with Gasteiger partial charge in [0.05, 0.1) is 0 Å². The van der Waals surface area contributed by atoms with Crippen LogP contribution in [0.1, 0.15) is 0 Å². The van der Waals surface area contributed by atoms with Crippen molar-refractivity contribution in [2.75, 3.05) is 0 Å². The van der Waals surface area contributed by atoms with Crippen LogP contribution in [-0.2, 0) is 4.79 Å². The van der Waals surface area contributed by atoms with E-state index in [1.807, 2.05) is 0 Å². The van der Waals surface area contributed by atoms with Gasteiger partial charge in [0, 0.05) is 0 Å². The van der Waals surface area contributed by atoms with E-state index in [4.69, 9.17) is 0 Å². The SMILES string of the molecule is O=CC1SSSS1. The molecule has 0 radical (unpaired) electrons. The first kappa shape index (κ1) is 6.19. The fourth-order valence-electron chi connectivity index (χ4n) is 0.171. The number of carbonyl (C=O) groups is 1. The molecule has 0 atom stereocenters. The molecule has 0 aromatic carbocycles. The Bertz CT molecular complexity index is 68.1. The van der Waals surface area contributed by atoms with E-state index >= 15 is 0 Å². The molecule has 1 nitrogen and oxygen atoms in total. The maximum absolute atomic E-state index is 9.94. The standard InChI is InChI=1S/C2H2OS4/c3-1-2-4-6-7-5-2/h1-2H. The molecule has 1 saturated heterocycles. The topological polar surface area (TPSA) is 17.1 Å². The first-order chi connectivity index (χ1) is 3.43. The van der Waals surface area contributed by atoms with E-state index in [1.54, 1.807) is 41.2 Å². The Morgan fingerprint density at radius 3 is 2.14 bits per heavy atom. The van der Waals surface area contributed by atoms with Gasteiger partial charge in [-0.05, 0) is 19.7 Å². The lowest BCUT2D eigenvalue weighted by Crippen LogP contribution is -1.87. The summed E-state index contributed by atoms with van der Waals surface area (Å²) in [5.41, 5.74) is 0. The molecule has 0 aromatic rings. The number of hydrogen-bond acceptors (Lipinski definition) is 5. The lowest BCUT2D eigenvalue weighted by molar-refractivity contribution is -0.106. The van der Waals surface area contributed by atoms with E-state index < -0.39 is 0 Å². The first-order valence-electron chi connectivity index (χ1n) is 1.54. The molecule has 0 N–H and O–H groups in total. The molecule has 7 heavy (non-hydrogen) atoms. The molecular weight excluding hydrogens is 168 g/mol. The van der Waals surface area contributed by atoms with Crippen LogP contribution in [0.4, 0.5) is 0 Å². The van der Waals surface area contributed by atoms with Gasteiger partial charge in [-0.25, -0.2) is 0 Å². The minimum atomic E-state index is 0.176. The Kier molecular flexibility index (Phi) is 2.80. The molecular formula is C2H2OS4. The summed E-state index contributed by atoms with van der Waals surface area (Å²) in [5, 5.41) is 0. The van der Waals surface area contributed by atoms with Crippen LogP contribution in [-0.4, -0.2) is 10.9 Å². The van der Waals surface area contributed by atoms with Crippen LogP contribution in [0.25, 0.3) is 0 Å². The Balaban J connectivity index is 2.26. The molecule has 0 aromatic heterocycles. The van der Waals surface area contributed by atoms with Gasteiger partial charge in [-0.3, -0.25) is 0 Å². The van der Waals surface area contributed by atoms with Crippen molar-refractivity contribution in [2.45, 2.75) is 4.58 Å². The number of aldehydes is 1. The summed E-state index contributed by atoms with van der Waals surface area (Å²) in [6, 6.07) is 0. The molecule has 0 saturated carbocycles. The lowest BCUT2D eigenvalue weighted by Gasteiger charge is -1.85. The van der Waals surface area contributed by atoms with Crippen molar-refractivity contribution in [3.63, 3.8) is 0 Å². The second kappa shape index (κ2) is 3.17. The van der Waals surface area contributed by atoms with Crippen molar-refractivity contribution in [2.24, 2.45) is 0 Å². The van der Waals surface area contributed by atoms with Gasteiger partial charge >= 0.3 is 0 Å². The fourth-order valence-corrected chi connectivity index (χ4v) is 8.13. The zero-order chi connectivity index (χ0) is 5.11. The summed E-state index contributed by atoms with van der Waals surface area (Å²) in [7, 11) is 6.58. The van der Waals surface area contributed by atoms with Crippen LogP contribution in [0, 0.1) is 0 Å². The van der Waals surface area contributed by atoms with Crippen LogP contribution in [0.5, 0.6) is 0 Å². The molecule has 1 heterocycles. The van der Waals surface area contributed by atoms with Crippen LogP contribution < -0.4 is 0 Å². The first-order valence-corrected chi connectivity index (χ1v) is 6.48. The van der Waals surface area contributed by atoms with Crippen molar-refractivity contribution in [1.29, 1.82) is 0 Å². The van der Waals surface area contributed by atoms with E-state index in [-0.39, 0.29) is 4.58 Å². The third-order valence-corrected chi connectivity index (χ3v) is 7.83. The summed E-state index contributed by atoms with van der Waals surface area (Å²) in [6.45, 7) is 0. The van der Waals surface area contributed by atoms with Gasteiger partial charge in [0.2, 0.25) is 0 Å². The Morgan fingerprint density at radius 2 is 1.86 bits per heavy atom. The van der Waals surface area contributed by atoms with Crippen LogP contribution >= 0.6 is 41.2 Å². The summed E-state index contributed by atoms with van der Waals surface area (Å²) >= 11 is 0. The second-order valence-corrected chi connectivity index (χ2v) is 7.22. The minimum Gasteiger partial charge on any atom is -0.301 e. The molecule has 1 aliphatic heterocycles. The molecule has 0 unspecified atom stereocenters. The van der Waals surface area contributed by atoms with E-state index in [0.717, 1.165) is 6.29 Å². The van der Waals surface area contributed by atoms with Gasteiger partial charge in [-0.1, -0.05) is 21.6 Å². The van der Waals surface area contributed by atoms with Gasteiger partial charge in [0.1, 0.15) is 10.9 Å². The van der Waals surface area contributed by atoms with Crippen molar-refractivity contribution < 1.29 is 4.79 Å². The van der Waals surface area contributed by atoms with Gasteiger partial charge in [-0.2, -0.15) is 0 Å². The summed E-state index contributed by atoms with van der Waals surface area (Å²) in [4.78, 5) is 9.94. The van der Waals surface area contributed by atoms with Crippen molar-refractivity contribution in [3.05, 3.63) is 0 Å². The third-order valence-electron chi connectivity index (χ3n) is 0.407. The molecule has 5 heteroatoms. The number of rotatable bonds is 1. The molecule has 0 spiro atoms. The highest BCUT2D eigenvalue weighted by Gasteiger charge is 2.16. The highest BCUT2D eigenvalue weighted by molar-refractivity contribution is 9.31. The van der Waals surface area contributed by atoms with Crippen LogP contribution in [0.15, 0.2) is 0 Å². The van der Waals surface area contributed by atoms with Gasteiger partial charge in [0.15, 0.2) is 0 Å². The Labute approximate surface area is 57.0 Å². The van der Waals surface area contributed by atoms with Crippen molar-refractivity contribution in [1.82, 2.24) is 0 Å². The lowest BCUT2D eigenvalue weighted by atomic mass is 10.9. The predicted octanol–water partition coefficient (Wildman–Crippen LogP) is 2.20. The van der Waals surface area contributed by atoms with Crippen molar-refractivity contribution in [3.8, 4) is 0 Å². The largest absolute Gasteiger partial charge is 0.301 e. The normalized spacial score (nSPS) is 22.9. The molecule has 1 fully saturated rings. The highest BCUT2D eigenvalue weighted by Crippen LogP contribution is 2.57. The summed E-state index contributed by atoms with van der Waals surface area (Å²) in [6.07, 6.45) is 0.975. The second-order valence-electron chi connectivity index (χ2n) is 0.833. The van der Waals surface area contributed by atoms with Crippen molar-refractivity contribution >= 4 is 47.5 Å². The maximum Gasteiger partial charge on any atom is 0.144 e. The van der Waals surface area contributed by atoms with Crippen LogP contribution in [0.2, 0.25) is 0 Å². The van der Waals surface area contributed by atoms with Gasteiger partial charge in [0.25, 0.3) is 0 Å².